The second-order valence-corrected chi connectivity index (χ2v) is 4.85. The van der Waals surface area contributed by atoms with Crippen LogP contribution in [0.2, 0.25) is 0 Å². The molecule has 0 amide bonds. The zero-order valence-electron chi connectivity index (χ0n) is 9.66. The second kappa shape index (κ2) is 4.79. The molecule has 0 aliphatic heterocycles. The molecule has 1 fully saturated rings. The van der Waals surface area contributed by atoms with E-state index in [0.717, 1.165) is 5.92 Å². The molecule has 3 nitrogen and oxygen atoms in total. The SMILES string of the molecule is CC(CC1CCC1)NC(C)c1cn[nH]c1. The van der Waals surface area contributed by atoms with Crippen molar-refractivity contribution in [3.8, 4) is 0 Å². The molecule has 2 atom stereocenters. The van der Waals surface area contributed by atoms with Gasteiger partial charge in [0.05, 0.1) is 6.20 Å². The van der Waals surface area contributed by atoms with Gasteiger partial charge < -0.3 is 5.32 Å². The largest absolute Gasteiger partial charge is 0.308 e. The average Bonchev–Trinajstić information content (AvgIpc) is 2.64. The molecule has 0 aromatic carbocycles. The molecule has 1 heterocycles. The summed E-state index contributed by atoms with van der Waals surface area (Å²) in [6, 6.07) is 1.01. The van der Waals surface area contributed by atoms with Gasteiger partial charge in [0, 0.05) is 23.8 Å². The van der Waals surface area contributed by atoms with Crippen LogP contribution >= 0.6 is 0 Å². The van der Waals surface area contributed by atoms with Crippen molar-refractivity contribution in [2.75, 3.05) is 0 Å². The summed E-state index contributed by atoms with van der Waals surface area (Å²) in [6.07, 6.45) is 9.50. The van der Waals surface area contributed by atoms with E-state index < -0.39 is 0 Å². The molecule has 1 aromatic heterocycles. The minimum absolute atomic E-state index is 0.402. The van der Waals surface area contributed by atoms with Crippen LogP contribution in [0.15, 0.2) is 12.4 Å². The molecule has 0 radical (unpaired) electrons. The van der Waals surface area contributed by atoms with Gasteiger partial charge in [0.2, 0.25) is 0 Å². The van der Waals surface area contributed by atoms with Crippen LogP contribution in [0.4, 0.5) is 0 Å². The van der Waals surface area contributed by atoms with Gasteiger partial charge in [-0.3, -0.25) is 5.10 Å². The third kappa shape index (κ3) is 2.81. The maximum Gasteiger partial charge on any atom is 0.0534 e. The highest BCUT2D eigenvalue weighted by molar-refractivity contribution is 5.08. The minimum atomic E-state index is 0.402. The normalized spacial score (nSPS) is 20.9. The molecular formula is C12H21N3. The van der Waals surface area contributed by atoms with Crippen LogP contribution < -0.4 is 5.32 Å². The number of nitrogens with one attached hydrogen (secondary N) is 2. The molecule has 0 spiro atoms. The van der Waals surface area contributed by atoms with Crippen LogP contribution in [-0.2, 0) is 0 Å². The smallest absolute Gasteiger partial charge is 0.0534 e. The van der Waals surface area contributed by atoms with Crippen molar-refractivity contribution >= 4 is 0 Å². The van der Waals surface area contributed by atoms with E-state index in [9.17, 15) is 0 Å². The van der Waals surface area contributed by atoms with Crippen molar-refractivity contribution in [3.63, 3.8) is 0 Å². The van der Waals surface area contributed by atoms with Crippen LogP contribution in [0.25, 0.3) is 0 Å². The van der Waals surface area contributed by atoms with Crippen molar-refractivity contribution in [1.29, 1.82) is 0 Å². The van der Waals surface area contributed by atoms with Crippen molar-refractivity contribution in [1.82, 2.24) is 15.5 Å². The molecule has 15 heavy (non-hydrogen) atoms. The Morgan fingerprint density at radius 1 is 1.53 bits per heavy atom. The standard InChI is InChI=1S/C12H21N3/c1-9(6-11-4-3-5-11)15-10(2)12-7-13-14-8-12/h7-11,15H,3-6H2,1-2H3,(H,13,14). The van der Waals surface area contributed by atoms with E-state index in [1.807, 2.05) is 12.4 Å². The number of nitrogens with zero attached hydrogens (tertiary/aromatic N) is 1. The van der Waals surface area contributed by atoms with Crippen LogP contribution in [0.1, 0.15) is 51.1 Å². The first-order valence-corrected chi connectivity index (χ1v) is 6.00. The number of aromatic amines is 1. The highest BCUT2D eigenvalue weighted by Gasteiger charge is 2.20. The Bertz CT molecular complexity index is 277. The van der Waals surface area contributed by atoms with E-state index in [0.29, 0.717) is 12.1 Å². The average molecular weight is 207 g/mol. The highest BCUT2D eigenvalue weighted by atomic mass is 15.1. The zero-order valence-corrected chi connectivity index (χ0v) is 9.66. The fraction of sp³-hybridized carbons (Fsp3) is 0.750. The molecule has 84 valence electrons. The fourth-order valence-corrected chi connectivity index (χ4v) is 2.32. The number of rotatable bonds is 5. The van der Waals surface area contributed by atoms with E-state index in [2.05, 4.69) is 29.4 Å². The van der Waals surface area contributed by atoms with E-state index in [1.165, 1.54) is 31.2 Å². The van der Waals surface area contributed by atoms with Gasteiger partial charge in [-0.25, -0.2) is 0 Å². The number of hydrogen-bond acceptors (Lipinski definition) is 2. The minimum Gasteiger partial charge on any atom is -0.308 e. The highest BCUT2D eigenvalue weighted by Crippen LogP contribution is 2.30. The molecule has 3 heteroatoms. The van der Waals surface area contributed by atoms with Gasteiger partial charge in [0.25, 0.3) is 0 Å². The van der Waals surface area contributed by atoms with Gasteiger partial charge >= 0.3 is 0 Å². The zero-order chi connectivity index (χ0) is 10.7. The molecule has 2 rings (SSSR count). The topological polar surface area (TPSA) is 40.7 Å². The van der Waals surface area contributed by atoms with Crippen molar-refractivity contribution in [2.24, 2.45) is 5.92 Å². The van der Waals surface area contributed by atoms with E-state index >= 15 is 0 Å². The number of aromatic nitrogens is 2. The molecule has 1 aromatic rings. The van der Waals surface area contributed by atoms with E-state index in [4.69, 9.17) is 0 Å². The lowest BCUT2D eigenvalue weighted by atomic mass is 9.81. The van der Waals surface area contributed by atoms with Crippen LogP contribution in [-0.4, -0.2) is 16.2 Å². The predicted molar refractivity (Wildman–Crippen MR) is 61.6 cm³/mol. The first-order chi connectivity index (χ1) is 7.25. The van der Waals surface area contributed by atoms with Gasteiger partial charge in [-0.1, -0.05) is 19.3 Å². The Kier molecular flexibility index (Phi) is 3.41. The second-order valence-electron chi connectivity index (χ2n) is 4.85. The Balaban J connectivity index is 1.75. The summed E-state index contributed by atoms with van der Waals surface area (Å²) in [5, 5.41) is 10.5. The molecular weight excluding hydrogens is 186 g/mol. The lowest BCUT2D eigenvalue weighted by Gasteiger charge is -2.29. The maximum atomic E-state index is 3.97. The number of H-pyrrole nitrogens is 1. The van der Waals surface area contributed by atoms with Gasteiger partial charge in [0.1, 0.15) is 0 Å². The summed E-state index contributed by atoms with van der Waals surface area (Å²) in [4.78, 5) is 0. The first-order valence-electron chi connectivity index (χ1n) is 6.00. The summed E-state index contributed by atoms with van der Waals surface area (Å²) < 4.78 is 0. The fourth-order valence-electron chi connectivity index (χ4n) is 2.32. The van der Waals surface area contributed by atoms with Crippen molar-refractivity contribution in [3.05, 3.63) is 18.0 Å². The van der Waals surface area contributed by atoms with Gasteiger partial charge in [0.15, 0.2) is 0 Å². The summed E-state index contributed by atoms with van der Waals surface area (Å²) in [7, 11) is 0. The number of hydrogen-bond donors (Lipinski definition) is 2. The van der Waals surface area contributed by atoms with Crippen LogP contribution in [0.3, 0.4) is 0 Å². The molecule has 0 saturated heterocycles. The molecule has 0 bridgehead atoms. The van der Waals surface area contributed by atoms with Gasteiger partial charge in [-0.05, 0) is 26.2 Å². The Morgan fingerprint density at radius 2 is 2.33 bits per heavy atom. The lowest BCUT2D eigenvalue weighted by Crippen LogP contribution is -2.32. The van der Waals surface area contributed by atoms with Crippen LogP contribution in [0, 0.1) is 5.92 Å². The molecule has 1 aliphatic carbocycles. The molecule has 1 saturated carbocycles. The van der Waals surface area contributed by atoms with Crippen molar-refractivity contribution < 1.29 is 0 Å². The Morgan fingerprint density at radius 3 is 2.87 bits per heavy atom. The Labute approximate surface area is 91.7 Å². The molecule has 2 N–H and O–H groups in total. The van der Waals surface area contributed by atoms with E-state index in [1.54, 1.807) is 0 Å². The van der Waals surface area contributed by atoms with Crippen molar-refractivity contribution in [2.45, 2.75) is 51.6 Å². The van der Waals surface area contributed by atoms with Crippen LogP contribution in [0.5, 0.6) is 0 Å². The predicted octanol–water partition coefficient (Wildman–Crippen LogP) is 2.64. The summed E-state index contributed by atoms with van der Waals surface area (Å²) >= 11 is 0. The van der Waals surface area contributed by atoms with Gasteiger partial charge in [-0.15, -0.1) is 0 Å². The lowest BCUT2D eigenvalue weighted by molar-refractivity contribution is 0.259. The quantitative estimate of drug-likeness (QED) is 0.779. The van der Waals surface area contributed by atoms with Gasteiger partial charge in [-0.2, -0.15) is 5.10 Å². The van der Waals surface area contributed by atoms with E-state index in [-0.39, 0.29) is 0 Å². The third-order valence-electron chi connectivity index (χ3n) is 3.47. The monoisotopic (exact) mass is 207 g/mol. The maximum absolute atomic E-state index is 3.97. The molecule has 2 unspecified atom stereocenters. The summed E-state index contributed by atoms with van der Waals surface area (Å²) in [5.74, 6) is 0.976. The first kappa shape index (κ1) is 10.7. The Hall–Kier alpha value is -0.830. The molecule has 1 aliphatic rings. The third-order valence-corrected chi connectivity index (χ3v) is 3.47. The summed E-state index contributed by atoms with van der Waals surface area (Å²) in [5.41, 5.74) is 1.25. The summed E-state index contributed by atoms with van der Waals surface area (Å²) in [6.45, 7) is 4.48.